The highest BCUT2D eigenvalue weighted by molar-refractivity contribution is 5.95. The molecule has 3 rings (SSSR count). The summed E-state index contributed by atoms with van der Waals surface area (Å²) in [6.45, 7) is 7.33. The van der Waals surface area contributed by atoms with E-state index in [2.05, 4.69) is 38.7 Å². The molecule has 1 heterocycles. The van der Waals surface area contributed by atoms with Gasteiger partial charge in [0.25, 0.3) is 0 Å². The second kappa shape index (κ2) is 7.79. The van der Waals surface area contributed by atoms with Crippen molar-refractivity contribution in [3.8, 4) is 11.8 Å². The Morgan fingerprint density at radius 1 is 0.962 bits per heavy atom. The summed E-state index contributed by atoms with van der Waals surface area (Å²) >= 11 is 0. The Morgan fingerprint density at radius 2 is 1.62 bits per heavy atom. The Bertz CT molecular complexity index is 848. The molecule has 0 unspecified atom stereocenters. The maximum absolute atomic E-state index is 13.0. The molecule has 0 aromatic heterocycles. The van der Waals surface area contributed by atoms with E-state index in [0.29, 0.717) is 18.4 Å². The molecule has 0 fully saturated rings. The van der Waals surface area contributed by atoms with E-state index in [0.717, 1.165) is 41.6 Å². The predicted octanol–water partition coefficient (Wildman–Crippen LogP) is 5.54. The molecule has 0 atom stereocenters. The van der Waals surface area contributed by atoms with Crippen LogP contribution in [0.2, 0.25) is 0 Å². The van der Waals surface area contributed by atoms with Crippen molar-refractivity contribution in [3.05, 3.63) is 65.2 Å². The molecule has 1 aliphatic heterocycles. The van der Waals surface area contributed by atoms with E-state index in [1.807, 2.05) is 47.4 Å². The van der Waals surface area contributed by atoms with E-state index in [-0.39, 0.29) is 5.91 Å². The number of para-hydroxylation sites is 1. The Balaban J connectivity index is 1.82. The topological polar surface area (TPSA) is 20.3 Å². The van der Waals surface area contributed by atoms with E-state index in [1.54, 1.807) is 0 Å². The minimum Gasteiger partial charge on any atom is -0.307 e. The lowest BCUT2D eigenvalue weighted by Gasteiger charge is -2.26. The summed E-state index contributed by atoms with van der Waals surface area (Å²) in [5.74, 6) is 6.70. The summed E-state index contributed by atoms with van der Waals surface area (Å²) in [5, 5.41) is 0. The molecule has 26 heavy (non-hydrogen) atoms. The minimum atomic E-state index is 0.185. The van der Waals surface area contributed by atoms with Crippen molar-refractivity contribution in [2.75, 3.05) is 4.90 Å². The molecule has 0 bridgehead atoms. The number of hydrogen-bond donors (Lipinski definition) is 0. The zero-order valence-corrected chi connectivity index (χ0v) is 16.0. The number of carbonyl (C=O) groups excluding carboxylic acids is 1. The molecule has 1 amide bonds. The summed E-state index contributed by atoms with van der Waals surface area (Å²) in [5.41, 5.74) is 4.29. The summed E-state index contributed by atoms with van der Waals surface area (Å²) in [7, 11) is 0. The SMILES string of the molecule is CC(C)(C)CCCCC(=O)N1Cc2ccccc2C#Cc2ccccc21. The van der Waals surface area contributed by atoms with Crippen LogP contribution < -0.4 is 4.90 Å². The first-order chi connectivity index (χ1) is 12.4. The number of amides is 1. The first-order valence-corrected chi connectivity index (χ1v) is 9.43. The van der Waals surface area contributed by atoms with Crippen LogP contribution in [-0.2, 0) is 11.3 Å². The number of benzene rings is 2. The molecule has 0 saturated carbocycles. The van der Waals surface area contributed by atoms with Gasteiger partial charge in [-0.2, -0.15) is 0 Å². The van der Waals surface area contributed by atoms with Crippen molar-refractivity contribution >= 4 is 11.6 Å². The van der Waals surface area contributed by atoms with E-state index in [1.165, 1.54) is 0 Å². The Hall–Kier alpha value is -2.53. The lowest BCUT2D eigenvalue weighted by molar-refractivity contribution is -0.118. The lowest BCUT2D eigenvalue weighted by atomic mass is 9.89. The van der Waals surface area contributed by atoms with Crippen LogP contribution in [0.1, 0.15) is 63.1 Å². The molecule has 134 valence electrons. The molecule has 0 saturated heterocycles. The second-order valence-electron chi connectivity index (χ2n) is 8.17. The summed E-state index contributed by atoms with van der Waals surface area (Å²) in [4.78, 5) is 15.0. The van der Waals surface area contributed by atoms with Crippen molar-refractivity contribution in [2.45, 2.75) is 53.0 Å². The molecule has 0 spiro atoms. The Labute approximate surface area is 157 Å². The van der Waals surface area contributed by atoms with Gasteiger partial charge in [-0.15, -0.1) is 0 Å². The summed E-state index contributed by atoms with van der Waals surface area (Å²) in [6.07, 6.45) is 3.74. The Kier molecular flexibility index (Phi) is 5.47. The molecule has 0 aliphatic carbocycles. The van der Waals surface area contributed by atoms with Gasteiger partial charge >= 0.3 is 0 Å². The van der Waals surface area contributed by atoms with E-state index < -0.39 is 0 Å². The maximum Gasteiger partial charge on any atom is 0.227 e. The molecule has 2 nitrogen and oxygen atoms in total. The zero-order chi connectivity index (χ0) is 18.6. The highest BCUT2D eigenvalue weighted by Crippen LogP contribution is 2.27. The van der Waals surface area contributed by atoms with Gasteiger partial charge in [0, 0.05) is 17.5 Å². The molecule has 0 N–H and O–H groups in total. The molecule has 1 aliphatic rings. The van der Waals surface area contributed by atoms with E-state index in [9.17, 15) is 4.79 Å². The van der Waals surface area contributed by atoms with Crippen molar-refractivity contribution in [1.82, 2.24) is 0 Å². The number of unbranched alkanes of at least 4 members (excludes halogenated alkanes) is 1. The van der Waals surface area contributed by atoms with Crippen LogP contribution in [0.5, 0.6) is 0 Å². The predicted molar refractivity (Wildman–Crippen MR) is 108 cm³/mol. The van der Waals surface area contributed by atoms with Gasteiger partial charge in [0.2, 0.25) is 5.91 Å². The fourth-order valence-corrected chi connectivity index (χ4v) is 3.27. The van der Waals surface area contributed by atoms with Crippen LogP contribution in [0.15, 0.2) is 48.5 Å². The third kappa shape index (κ3) is 4.55. The van der Waals surface area contributed by atoms with Crippen LogP contribution >= 0.6 is 0 Å². The van der Waals surface area contributed by atoms with Gasteiger partial charge in [-0.25, -0.2) is 0 Å². The normalized spacial score (nSPS) is 13.0. The standard InChI is InChI=1S/C24H27NO/c1-24(2,3)17-9-8-14-23(26)25-18-21-12-5-4-10-19(21)15-16-20-11-6-7-13-22(20)25/h4-7,10-13H,8-9,14,17-18H2,1-3H3. The fourth-order valence-electron chi connectivity index (χ4n) is 3.27. The van der Waals surface area contributed by atoms with Gasteiger partial charge in [-0.1, -0.05) is 69.4 Å². The van der Waals surface area contributed by atoms with Crippen molar-refractivity contribution < 1.29 is 4.79 Å². The van der Waals surface area contributed by atoms with Crippen molar-refractivity contribution in [2.24, 2.45) is 5.41 Å². The first-order valence-electron chi connectivity index (χ1n) is 9.43. The van der Waals surface area contributed by atoms with Gasteiger partial charge < -0.3 is 4.90 Å². The van der Waals surface area contributed by atoms with E-state index in [4.69, 9.17) is 0 Å². The molecule has 2 aromatic carbocycles. The number of fused-ring (bicyclic) bond motifs is 2. The largest absolute Gasteiger partial charge is 0.307 e. The summed E-state index contributed by atoms with van der Waals surface area (Å²) < 4.78 is 0. The first kappa shape index (κ1) is 18.3. The number of rotatable bonds is 4. The van der Waals surface area contributed by atoms with Crippen LogP contribution in [-0.4, -0.2) is 5.91 Å². The zero-order valence-electron chi connectivity index (χ0n) is 16.0. The van der Waals surface area contributed by atoms with Gasteiger partial charge in [0.15, 0.2) is 0 Å². The fraction of sp³-hybridized carbons (Fsp3) is 0.375. The van der Waals surface area contributed by atoms with Gasteiger partial charge in [-0.05, 0) is 42.0 Å². The average molecular weight is 345 g/mol. The highest BCUT2D eigenvalue weighted by atomic mass is 16.2. The maximum atomic E-state index is 13.0. The number of carbonyl (C=O) groups is 1. The van der Waals surface area contributed by atoms with Crippen LogP contribution in [0, 0.1) is 17.3 Å². The van der Waals surface area contributed by atoms with Gasteiger partial charge in [0.05, 0.1) is 12.2 Å². The third-order valence-electron chi connectivity index (χ3n) is 4.74. The molecular weight excluding hydrogens is 318 g/mol. The number of anilines is 1. The molecule has 0 radical (unpaired) electrons. The van der Waals surface area contributed by atoms with E-state index >= 15 is 0 Å². The number of hydrogen-bond acceptors (Lipinski definition) is 1. The lowest BCUT2D eigenvalue weighted by Crippen LogP contribution is -2.31. The second-order valence-corrected chi connectivity index (χ2v) is 8.17. The minimum absolute atomic E-state index is 0.185. The summed E-state index contributed by atoms with van der Waals surface area (Å²) in [6, 6.07) is 16.1. The van der Waals surface area contributed by atoms with Crippen LogP contribution in [0.4, 0.5) is 5.69 Å². The highest BCUT2D eigenvalue weighted by Gasteiger charge is 2.21. The number of nitrogens with zero attached hydrogens (tertiary/aromatic N) is 1. The molecular formula is C24H27NO. The quantitative estimate of drug-likeness (QED) is 0.526. The third-order valence-corrected chi connectivity index (χ3v) is 4.74. The van der Waals surface area contributed by atoms with Crippen molar-refractivity contribution in [3.63, 3.8) is 0 Å². The molecule has 2 aromatic rings. The monoisotopic (exact) mass is 345 g/mol. The Morgan fingerprint density at radius 3 is 2.38 bits per heavy atom. The average Bonchev–Trinajstić information content (AvgIpc) is 2.60. The van der Waals surface area contributed by atoms with Crippen molar-refractivity contribution in [1.29, 1.82) is 0 Å². The molecule has 2 heteroatoms. The van der Waals surface area contributed by atoms with Crippen LogP contribution in [0.25, 0.3) is 0 Å². The van der Waals surface area contributed by atoms with Gasteiger partial charge in [0.1, 0.15) is 0 Å². The smallest absolute Gasteiger partial charge is 0.227 e. The van der Waals surface area contributed by atoms with Gasteiger partial charge in [-0.3, -0.25) is 4.79 Å². The van der Waals surface area contributed by atoms with Crippen LogP contribution in [0.3, 0.4) is 0 Å².